The largest absolute Gasteiger partial charge is 0.100 e. The van der Waals surface area contributed by atoms with Crippen LogP contribution in [0.5, 0.6) is 0 Å². The molecule has 0 nitrogen and oxygen atoms in total. The molecule has 0 spiro atoms. The number of hydrogen-bond acceptors (Lipinski definition) is 0. The van der Waals surface area contributed by atoms with Gasteiger partial charge in [-0.1, -0.05) is 48.1 Å². The second-order valence-electron chi connectivity index (χ2n) is 2.89. The van der Waals surface area contributed by atoms with Gasteiger partial charge in [0.2, 0.25) is 0 Å². The molecule has 78 valence electrons. The van der Waals surface area contributed by atoms with Crippen LogP contribution < -0.4 is 0 Å². The molecule has 0 radical (unpaired) electrons. The highest BCUT2D eigenvalue weighted by Crippen LogP contribution is 2.07. The fourth-order valence-electron chi connectivity index (χ4n) is 0.535. The van der Waals surface area contributed by atoms with Crippen LogP contribution >= 0.6 is 0 Å². The predicted molar refractivity (Wildman–Crippen MR) is 63.7 cm³/mol. The van der Waals surface area contributed by atoms with Crippen LogP contribution in [0.25, 0.3) is 0 Å². The summed E-state index contributed by atoms with van der Waals surface area (Å²) in [4.78, 5) is 0. The molecule has 0 atom stereocenters. The van der Waals surface area contributed by atoms with Crippen LogP contribution in [0.15, 0.2) is 12.2 Å². The highest BCUT2D eigenvalue weighted by Gasteiger charge is 1.91. The van der Waals surface area contributed by atoms with Crippen LogP contribution in [0.3, 0.4) is 0 Å². The third-order valence-corrected chi connectivity index (χ3v) is 1.15. The molecule has 0 saturated carbocycles. The Morgan fingerprint density at radius 3 is 1.58 bits per heavy atom. The van der Waals surface area contributed by atoms with E-state index in [1.165, 1.54) is 18.4 Å². The van der Waals surface area contributed by atoms with Crippen molar-refractivity contribution in [3.63, 3.8) is 0 Å². The van der Waals surface area contributed by atoms with E-state index in [1.807, 2.05) is 13.8 Å². The summed E-state index contributed by atoms with van der Waals surface area (Å²) in [6.07, 6.45) is 2.48. The van der Waals surface area contributed by atoms with Crippen LogP contribution in [0, 0.1) is 5.92 Å². The summed E-state index contributed by atoms with van der Waals surface area (Å²) >= 11 is 0. The Balaban J connectivity index is -0.0000000740. The third-order valence-electron chi connectivity index (χ3n) is 1.15. The van der Waals surface area contributed by atoms with E-state index in [1.54, 1.807) is 0 Å². The second-order valence-corrected chi connectivity index (χ2v) is 2.89. The van der Waals surface area contributed by atoms with E-state index in [0.29, 0.717) is 0 Å². The van der Waals surface area contributed by atoms with Gasteiger partial charge in [0.15, 0.2) is 0 Å². The summed E-state index contributed by atoms with van der Waals surface area (Å²) in [5.41, 5.74) is 1.30. The fourth-order valence-corrected chi connectivity index (χ4v) is 0.535. The van der Waals surface area contributed by atoms with Gasteiger partial charge >= 0.3 is 0 Å². The van der Waals surface area contributed by atoms with Crippen molar-refractivity contribution in [3.05, 3.63) is 12.2 Å². The molecule has 0 aromatic rings. The Hall–Kier alpha value is -0.260. The summed E-state index contributed by atoms with van der Waals surface area (Å²) in [5.74, 6) is 0.826. The molecule has 0 aliphatic rings. The Morgan fingerprint density at radius 1 is 1.17 bits per heavy atom. The third kappa shape index (κ3) is 33.1. The van der Waals surface area contributed by atoms with Gasteiger partial charge in [0.25, 0.3) is 0 Å². The molecule has 0 heteroatoms. The first-order valence-electron chi connectivity index (χ1n) is 4.27. The predicted octanol–water partition coefficient (Wildman–Crippen LogP) is 5.30. The summed E-state index contributed by atoms with van der Waals surface area (Å²) < 4.78 is 0. The van der Waals surface area contributed by atoms with Crippen LogP contribution in [0.1, 0.15) is 62.3 Å². The Morgan fingerprint density at radius 2 is 1.50 bits per heavy atom. The molecule has 12 heavy (non-hydrogen) atoms. The molecule has 0 rings (SSSR count). The molecule has 0 aliphatic heterocycles. The molecule has 0 heterocycles. The minimum Gasteiger partial charge on any atom is -0.100 e. The molecule has 0 N–H and O–H groups in total. The number of hydrogen-bond donors (Lipinski definition) is 0. The normalized spacial score (nSPS) is 7.17. The maximum Gasteiger partial charge on any atom is -0.0323 e. The highest BCUT2D eigenvalue weighted by molar-refractivity contribution is 4.87. The average molecular weight is 174 g/mol. The monoisotopic (exact) mass is 174 g/mol. The van der Waals surface area contributed by atoms with Gasteiger partial charge in [-0.15, -0.1) is 6.58 Å². The maximum absolute atomic E-state index is 3.83. The van der Waals surface area contributed by atoms with Gasteiger partial charge in [-0.3, -0.25) is 0 Å². The van der Waals surface area contributed by atoms with Gasteiger partial charge in [0.1, 0.15) is 0 Å². The fraction of sp³-hybridized carbons (Fsp3) is 0.833. The van der Waals surface area contributed by atoms with Gasteiger partial charge in [-0.25, -0.2) is 0 Å². The molecule has 0 aromatic heterocycles. The molecule has 0 fully saturated rings. The van der Waals surface area contributed by atoms with Crippen LogP contribution in [0.2, 0.25) is 0 Å². The molecule has 0 aliphatic carbocycles. The van der Waals surface area contributed by atoms with Crippen molar-refractivity contribution in [2.24, 2.45) is 5.92 Å². The first-order valence-corrected chi connectivity index (χ1v) is 4.27. The minimum atomic E-state index is 0. The maximum atomic E-state index is 3.83. The first-order chi connectivity index (χ1) is 4.63. The molecule has 0 unspecified atom stereocenters. The van der Waals surface area contributed by atoms with E-state index in [9.17, 15) is 0 Å². The van der Waals surface area contributed by atoms with Crippen molar-refractivity contribution >= 4 is 0 Å². The van der Waals surface area contributed by atoms with E-state index in [4.69, 9.17) is 0 Å². The lowest BCUT2D eigenvalue weighted by molar-refractivity contribution is 0.585. The quantitative estimate of drug-likeness (QED) is 0.509. The van der Waals surface area contributed by atoms with E-state index in [2.05, 4.69) is 27.4 Å². The van der Waals surface area contributed by atoms with Crippen molar-refractivity contribution < 1.29 is 0 Å². The minimum absolute atomic E-state index is 0. The van der Waals surface area contributed by atoms with Gasteiger partial charge in [-0.05, 0) is 25.7 Å². The molecular weight excluding hydrogens is 144 g/mol. The van der Waals surface area contributed by atoms with Crippen molar-refractivity contribution in [1.29, 1.82) is 0 Å². The van der Waals surface area contributed by atoms with Gasteiger partial charge < -0.3 is 0 Å². The lowest BCUT2D eigenvalue weighted by Gasteiger charge is -2.01. The lowest BCUT2D eigenvalue weighted by Crippen LogP contribution is -1.85. The smallest absolute Gasteiger partial charge is 0.0323 e. The Bertz CT molecular complexity index is 70.1. The van der Waals surface area contributed by atoms with Crippen LogP contribution in [-0.2, 0) is 0 Å². The molecule has 0 saturated heterocycles. The van der Waals surface area contributed by atoms with Crippen molar-refractivity contribution in [3.8, 4) is 0 Å². The van der Waals surface area contributed by atoms with E-state index < -0.39 is 0 Å². The Labute approximate surface area is 81.1 Å². The van der Waals surface area contributed by atoms with Crippen LogP contribution in [-0.4, -0.2) is 0 Å². The van der Waals surface area contributed by atoms with Gasteiger partial charge in [-0.2, -0.15) is 0 Å². The Kier molecular flexibility index (Phi) is 32.0. The van der Waals surface area contributed by atoms with Gasteiger partial charge in [0, 0.05) is 0 Å². The van der Waals surface area contributed by atoms with Gasteiger partial charge in [0.05, 0.1) is 0 Å². The van der Waals surface area contributed by atoms with Crippen molar-refractivity contribution in [2.45, 2.75) is 62.3 Å². The standard InChI is InChI=1S/C8H16.C2H6.2CH4/c1-7(2)5-6-8(3)4;1-2;;/h8H,1,5-6H2,2-4H3;1-2H3;2*1H4. The second kappa shape index (κ2) is 17.0. The van der Waals surface area contributed by atoms with E-state index in [-0.39, 0.29) is 14.9 Å². The molecule has 0 amide bonds. The first kappa shape index (κ1) is 22.6. The van der Waals surface area contributed by atoms with E-state index in [0.717, 1.165) is 5.92 Å². The zero-order valence-electron chi connectivity index (χ0n) is 8.20. The number of rotatable bonds is 3. The van der Waals surface area contributed by atoms with Crippen LogP contribution in [0.4, 0.5) is 0 Å². The molecular formula is C12H30. The molecule has 0 aromatic carbocycles. The molecule has 0 bridgehead atoms. The zero-order chi connectivity index (χ0) is 8.57. The van der Waals surface area contributed by atoms with E-state index >= 15 is 0 Å². The summed E-state index contributed by atoms with van der Waals surface area (Å²) in [6.45, 7) is 14.4. The highest BCUT2D eigenvalue weighted by atomic mass is 14.0. The zero-order valence-corrected chi connectivity index (χ0v) is 8.20. The topological polar surface area (TPSA) is 0 Å². The summed E-state index contributed by atoms with van der Waals surface area (Å²) in [7, 11) is 0. The average Bonchev–Trinajstić information content (AvgIpc) is 1.89. The number of allylic oxidation sites excluding steroid dienone is 1. The lowest BCUT2D eigenvalue weighted by atomic mass is 10.1. The van der Waals surface area contributed by atoms with Crippen molar-refractivity contribution in [2.75, 3.05) is 0 Å². The van der Waals surface area contributed by atoms with Crippen molar-refractivity contribution in [1.82, 2.24) is 0 Å². The summed E-state index contributed by atoms with van der Waals surface area (Å²) in [6, 6.07) is 0. The summed E-state index contributed by atoms with van der Waals surface area (Å²) in [5, 5.41) is 0. The SMILES string of the molecule is C.C.C=C(C)CCC(C)C.CC.